The molecule has 0 radical (unpaired) electrons. The summed E-state index contributed by atoms with van der Waals surface area (Å²) in [6.45, 7) is 0. The van der Waals surface area contributed by atoms with E-state index in [1.165, 1.54) is 16.4 Å². The standard InChI is InChI=1S/C15H14N4O3S/c20-15-17-12-7-6-11(9-13(12)18-15)23(21,22)19(10-4-5-10)14-3-1-2-8-16-14/h1-3,6-10H,4-5H2,(H2,17,18,20). The van der Waals surface area contributed by atoms with Crippen LogP contribution in [0.2, 0.25) is 0 Å². The van der Waals surface area contributed by atoms with E-state index in [1.54, 1.807) is 30.5 Å². The number of hydrogen-bond acceptors (Lipinski definition) is 4. The number of imidazole rings is 1. The van der Waals surface area contributed by atoms with Crippen molar-refractivity contribution in [3.63, 3.8) is 0 Å². The van der Waals surface area contributed by atoms with Crippen molar-refractivity contribution in [2.75, 3.05) is 4.31 Å². The topological polar surface area (TPSA) is 98.9 Å². The van der Waals surface area contributed by atoms with Crippen molar-refractivity contribution in [3.8, 4) is 0 Å². The Kier molecular flexibility index (Phi) is 3.02. The maximum Gasteiger partial charge on any atom is 0.323 e. The molecule has 1 aliphatic rings. The Morgan fingerprint density at radius 2 is 1.87 bits per heavy atom. The van der Waals surface area contributed by atoms with Gasteiger partial charge in [-0.2, -0.15) is 0 Å². The number of pyridine rings is 1. The summed E-state index contributed by atoms with van der Waals surface area (Å²) in [7, 11) is -3.74. The molecular weight excluding hydrogens is 316 g/mol. The van der Waals surface area contributed by atoms with E-state index in [-0.39, 0.29) is 16.6 Å². The lowest BCUT2D eigenvalue weighted by atomic mass is 10.3. The molecular formula is C15H14N4O3S. The number of sulfonamides is 1. The smallest absolute Gasteiger partial charge is 0.306 e. The molecule has 2 N–H and O–H groups in total. The summed E-state index contributed by atoms with van der Waals surface area (Å²) >= 11 is 0. The van der Waals surface area contributed by atoms with Gasteiger partial charge in [0.15, 0.2) is 0 Å². The molecule has 4 rings (SSSR count). The molecule has 0 amide bonds. The third-order valence-corrected chi connectivity index (χ3v) is 5.65. The van der Waals surface area contributed by atoms with Gasteiger partial charge in [0.2, 0.25) is 0 Å². The van der Waals surface area contributed by atoms with Gasteiger partial charge in [0.1, 0.15) is 5.82 Å². The van der Waals surface area contributed by atoms with E-state index in [2.05, 4.69) is 15.0 Å². The lowest BCUT2D eigenvalue weighted by Gasteiger charge is -2.23. The minimum atomic E-state index is -3.74. The van der Waals surface area contributed by atoms with Crippen LogP contribution in [0.1, 0.15) is 12.8 Å². The molecule has 1 aliphatic carbocycles. The third-order valence-electron chi connectivity index (χ3n) is 3.80. The van der Waals surface area contributed by atoms with Crippen molar-refractivity contribution in [3.05, 3.63) is 53.1 Å². The van der Waals surface area contributed by atoms with Crippen LogP contribution < -0.4 is 9.99 Å². The van der Waals surface area contributed by atoms with Crippen molar-refractivity contribution in [2.45, 2.75) is 23.8 Å². The summed E-state index contributed by atoms with van der Waals surface area (Å²) in [5.41, 5.74) is 0.677. The van der Waals surface area contributed by atoms with E-state index in [1.807, 2.05) is 0 Å². The average molecular weight is 330 g/mol. The Hall–Kier alpha value is -2.61. The molecule has 0 bridgehead atoms. The summed E-state index contributed by atoms with van der Waals surface area (Å²) in [5, 5.41) is 0. The van der Waals surface area contributed by atoms with Gasteiger partial charge in [0.25, 0.3) is 10.0 Å². The molecule has 1 aromatic carbocycles. The minimum absolute atomic E-state index is 0.0594. The summed E-state index contributed by atoms with van der Waals surface area (Å²) < 4.78 is 27.5. The fourth-order valence-electron chi connectivity index (χ4n) is 2.59. The maximum absolute atomic E-state index is 13.0. The van der Waals surface area contributed by atoms with Gasteiger partial charge in [-0.05, 0) is 43.2 Å². The molecule has 8 heteroatoms. The molecule has 7 nitrogen and oxygen atoms in total. The molecule has 0 saturated heterocycles. The molecule has 0 unspecified atom stereocenters. The normalized spacial score (nSPS) is 15.0. The van der Waals surface area contributed by atoms with E-state index in [9.17, 15) is 13.2 Å². The van der Waals surface area contributed by atoms with E-state index in [4.69, 9.17) is 0 Å². The van der Waals surface area contributed by atoms with E-state index >= 15 is 0 Å². The Labute approximate surface area is 132 Å². The van der Waals surface area contributed by atoms with Crippen molar-refractivity contribution >= 4 is 26.9 Å². The van der Waals surface area contributed by atoms with E-state index in [0.717, 1.165) is 12.8 Å². The van der Waals surface area contributed by atoms with Crippen LogP contribution in [0.25, 0.3) is 11.0 Å². The van der Waals surface area contributed by atoms with Gasteiger partial charge in [-0.25, -0.2) is 22.5 Å². The summed E-state index contributed by atoms with van der Waals surface area (Å²) in [6, 6.07) is 9.70. The Morgan fingerprint density at radius 3 is 2.57 bits per heavy atom. The molecule has 3 aromatic rings. The predicted octanol–water partition coefficient (Wildman–Crippen LogP) is 1.61. The summed E-state index contributed by atoms with van der Waals surface area (Å²) in [5.74, 6) is 0.414. The molecule has 0 atom stereocenters. The van der Waals surface area contributed by atoms with Crippen molar-refractivity contribution in [2.24, 2.45) is 0 Å². The van der Waals surface area contributed by atoms with Gasteiger partial charge in [-0.1, -0.05) is 6.07 Å². The van der Waals surface area contributed by atoms with Gasteiger partial charge >= 0.3 is 5.69 Å². The zero-order valence-electron chi connectivity index (χ0n) is 12.1. The predicted molar refractivity (Wildman–Crippen MR) is 85.8 cm³/mol. The second-order valence-electron chi connectivity index (χ2n) is 5.51. The number of nitrogens with zero attached hydrogens (tertiary/aromatic N) is 2. The number of H-pyrrole nitrogens is 2. The van der Waals surface area contributed by atoms with Gasteiger partial charge in [0, 0.05) is 12.2 Å². The summed E-state index contributed by atoms with van der Waals surface area (Å²) in [4.78, 5) is 20.8. The van der Waals surface area contributed by atoms with Crippen LogP contribution >= 0.6 is 0 Å². The highest BCUT2D eigenvalue weighted by Gasteiger charge is 2.39. The van der Waals surface area contributed by atoms with Crippen molar-refractivity contribution in [1.29, 1.82) is 0 Å². The Morgan fingerprint density at radius 1 is 1.09 bits per heavy atom. The van der Waals surface area contributed by atoms with E-state index in [0.29, 0.717) is 16.9 Å². The fraction of sp³-hybridized carbons (Fsp3) is 0.200. The average Bonchev–Trinajstić information content (AvgIpc) is 3.27. The van der Waals surface area contributed by atoms with E-state index < -0.39 is 10.0 Å². The lowest BCUT2D eigenvalue weighted by molar-refractivity contribution is 0.590. The minimum Gasteiger partial charge on any atom is -0.306 e. The SMILES string of the molecule is O=c1[nH]c2ccc(S(=O)(=O)N(c3ccccn3)C3CC3)cc2[nH]1. The van der Waals surface area contributed by atoms with Crippen molar-refractivity contribution < 1.29 is 8.42 Å². The van der Waals surface area contributed by atoms with Crippen molar-refractivity contribution in [1.82, 2.24) is 15.0 Å². The fourth-order valence-corrected chi connectivity index (χ4v) is 4.28. The molecule has 118 valence electrons. The van der Waals surface area contributed by atoms with Crippen LogP contribution in [0.4, 0.5) is 5.82 Å². The molecule has 2 aromatic heterocycles. The molecule has 23 heavy (non-hydrogen) atoms. The second kappa shape index (κ2) is 4.95. The highest BCUT2D eigenvalue weighted by molar-refractivity contribution is 7.92. The number of aromatic amines is 2. The lowest BCUT2D eigenvalue weighted by Crippen LogP contribution is -2.33. The molecule has 0 spiro atoms. The zero-order chi connectivity index (χ0) is 16.0. The third kappa shape index (κ3) is 2.40. The molecule has 0 aliphatic heterocycles. The number of aromatic nitrogens is 3. The van der Waals surface area contributed by atoms with Crippen LogP contribution in [-0.4, -0.2) is 29.4 Å². The molecule has 1 saturated carbocycles. The molecule has 2 heterocycles. The number of fused-ring (bicyclic) bond motifs is 1. The van der Waals surface area contributed by atoms with Crippen LogP contribution in [0.5, 0.6) is 0 Å². The maximum atomic E-state index is 13.0. The van der Waals surface area contributed by atoms with Gasteiger partial charge in [0.05, 0.1) is 15.9 Å². The first kappa shape index (κ1) is 14.0. The highest BCUT2D eigenvalue weighted by Crippen LogP contribution is 2.35. The van der Waals surface area contributed by atoms with Crippen LogP contribution in [0.3, 0.4) is 0 Å². The quantitative estimate of drug-likeness (QED) is 0.759. The Bertz CT molecular complexity index is 1020. The van der Waals surface area contributed by atoms with Crippen LogP contribution in [0.15, 0.2) is 52.3 Å². The number of nitrogens with one attached hydrogen (secondary N) is 2. The number of hydrogen-bond donors (Lipinski definition) is 2. The summed E-state index contributed by atoms with van der Waals surface area (Å²) in [6.07, 6.45) is 3.21. The van der Waals surface area contributed by atoms with Gasteiger partial charge in [-0.15, -0.1) is 0 Å². The molecule has 1 fully saturated rings. The largest absolute Gasteiger partial charge is 0.323 e. The van der Waals surface area contributed by atoms with Gasteiger partial charge in [-0.3, -0.25) is 0 Å². The number of anilines is 1. The van der Waals surface area contributed by atoms with Crippen LogP contribution in [-0.2, 0) is 10.0 Å². The van der Waals surface area contributed by atoms with Gasteiger partial charge < -0.3 is 9.97 Å². The number of rotatable bonds is 4. The first-order valence-electron chi connectivity index (χ1n) is 7.23. The van der Waals surface area contributed by atoms with Crippen LogP contribution in [0, 0.1) is 0 Å². The second-order valence-corrected chi connectivity index (χ2v) is 7.32. The zero-order valence-corrected chi connectivity index (χ0v) is 12.9. The number of benzene rings is 1. The first-order chi connectivity index (χ1) is 11.1. The highest BCUT2D eigenvalue weighted by atomic mass is 32.2. The first-order valence-corrected chi connectivity index (χ1v) is 8.67. The monoisotopic (exact) mass is 330 g/mol. The Balaban J connectivity index is 1.84.